The number of aromatic nitrogens is 1. The SMILES string of the molecule is CC(C)(C)OC(=O)N1CCN(C(=O)CC(c2ccsc2)n2cccc2)CC1. The topological polar surface area (TPSA) is 54.8 Å². The van der Waals surface area contributed by atoms with E-state index >= 15 is 0 Å². The van der Waals surface area contributed by atoms with Crippen LogP contribution in [0.1, 0.15) is 38.8 Å². The summed E-state index contributed by atoms with van der Waals surface area (Å²) in [5, 5.41) is 4.13. The molecule has 7 heteroatoms. The van der Waals surface area contributed by atoms with Gasteiger partial charge in [0.05, 0.1) is 12.5 Å². The quantitative estimate of drug-likeness (QED) is 0.803. The van der Waals surface area contributed by atoms with Crippen LogP contribution in [0.5, 0.6) is 0 Å². The van der Waals surface area contributed by atoms with E-state index in [0.717, 1.165) is 5.56 Å². The van der Waals surface area contributed by atoms with E-state index in [0.29, 0.717) is 32.6 Å². The van der Waals surface area contributed by atoms with Crippen molar-refractivity contribution in [2.75, 3.05) is 26.2 Å². The largest absolute Gasteiger partial charge is 0.444 e. The predicted molar refractivity (Wildman–Crippen MR) is 106 cm³/mol. The average Bonchev–Trinajstić information content (AvgIpc) is 3.32. The Hall–Kier alpha value is -2.28. The van der Waals surface area contributed by atoms with Crippen LogP contribution in [-0.2, 0) is 9.53 Å². The maximum atomic E-state index is 12.9. The van der Waals surface area contributed by atoms with Crippen molar-refractivity contribution in [1.29, 1.82) is 0 Å². The summed E-state index contributed by atoms with van der Waals surface area (Å²) in [4.78, 5) is 28.6. The lowest BCUT2D eigenvalue weighted by atomic mass is 10.1. The summed E-state index contributed by atoms with van der Waals surface area (Å²) >= 11 is 1.64. The van der Waals surface area contributed by atoms with Crippen molar-refractivity contribution in [3.05, 3.63) is 46.9 Å². The maximum absolute atomic E-state index is 12.9. The van der Waals surface area contributed by atoms with Gasteiger partial charge in [-0.2, -0.15) is 11.3 Å². The summed E-state index contributed by atoms with van der Waals surface area (Å²) < 4.78 is 7.50. The Balaban J connectivity index is 1.58. The zero-order chi connectivity index (χ0) is 19.4. The van der Waals surface area contributed by atoms with Gasteiger partial charge in [-0.15, -0.1) is 0 Å². The number of rotatable bonds is 4. The minimum atomic E-state index is -0.505. The molecule has 2 aromatic heterocycles. The number of piperazine rings is 1. The minimum Gasteiger partial charge on any atom is -0.444 e. The molecule has 0 radical (unpaired) electrons. The molecule has 0 aromatic carbocycles. The Morgan fingerprint density at radius 3 is 2.30 bits per heavy atom. The summed E-state index contributed by atoms with van der Waals surface area (Å²) in [5.74, 6) is 0.115. The van der Waals surface area contributed by atoms with Gasteiger partial charge in [0.25, 0.3) is 0 Å². The lowest BCUT2D eigenvalue weighted by Gasteiger charge is -2.36. The monoisotopic (exact) mass is 389 g/mol. The summed E-state index contributed by atoms with van der Waals surface area (Å²) in [7, 11) is 0. The molecule has 0 saturated carbocycles. The molecule has 1 atom stereocenters. The average molecular weight is 390 g/mol. The van der Waals surface area contributed by atoms with Crippen LogP contribution in [-0.4, -0.2) is 58.1 Å². The molecule has 27 heavy (non-hydrogen) atoms. The van der Waals surface area contributed by atoms with Gasteiger partial charge in [0.2, 0.25) is 5.91 Å². The van der Waals surface area contributed by atoms with Crippen LogP contribution in [0.3, 0.4) is 0 Å². The van der Waals surface area contributed by atoms with E-state index in [4.69, 9.17) is 4.74 Å². The highest BCUT2D eigenvalue weighted by Gasteiger charge is 2.29. The van der Waals surface area contributed by atoms with Gasteiger partial charge in [0.1, 0.15) is 5.60 Å². The first-order valence-electron chi connectivity index (χ1n) is 9.24. The van der Waals surface area contributed by atoms with Gasteiger partial charge in [0.15, 0.2) is 0 Å². The summed E-state index contributed by atoms with van der Waals surface area (Å²) in [6.07, 6.45) is 4.10. The van der Waals surface area contributed by atoms with Crippen molar-refractivity contribution in [1.82, 2.24) is 14.4 Å². The van der Waals surface area contributed by atoms with Gasteiger partial charge < -0.3 is 19.1 Å². The van der Waals surface area contributed by atoms with Crippen LogP contribution in [0, 0.1) is 0 Å². The third-order valence-corrected chi connectivity index (χ3v) is 5.27. The van der Waals surface area contributed by atoms with Crippen LogP contribution in [0.25, 0.3) is 0 Å². The maximum Gasteiger partial charge on any atom is 0.410 e. The van der Waals surface area contributed by atoms with Crippen LogP contribution < -0.4 is 0 Å². The molecule has 1 unspecified atom stereocenters. The van der Waals surface area contributed by atoms with Crippen molar-refractivity contribution < 1.29 is 14.3 Å². The van der Waals surface area contributed by atoms with Gasteiger partial charge >= 0.3 is 6.09 Å². The first-order chi connectivity index (χ1) is 12.8. The van der Waals surface area contributed by atoms with E-state index in [9.17, 15) is 9.59 Å². The van der Waals surface area contributed by atoms with Gasteiger partial charge in [-0.25, -0.2) is 4.79 Å². The van der Waals surface area contributed by atoms with Crippen LogP contribution in [0.15, 0.2) is 41.4 Å². The molecule has 0 aliphatic carbocycles. The molecule has 1 saturated heterocycles. The van der Waals surface area contributed by atoms with Crippen LogP contribution >= 0.6 is 11.3 Å². The molecule has 0 N–H and O–H groups in total. The molecule has 0 spiro atoms. The number of nitrogens with zero attached hydrogens (tertiary/aromatic N) is 3. The Labute approximate surface area is 164 Å². The molecule has 2 amide bonds. The standard InChI is InChI=1S/C20H27N3O3S/c1-20(2,3)26-19(25)23-11-9-22(10-12-23)18(24)14-17(16-6-13-27-15-16)21-7-4-5-8-21/h4-8,13,15,17H,9-12,14H2,1-3H3. The van der Waals surface area contributed by atoms with E-state index in [1.807, 2.05) is 55.6 Å². The summed E-state index contributed by atoms with van der Waals surface area (Å²) in [6.45, 7) is 7.67. The van der Waals surface area contributed by atoms with Gasteiger partial charge in [-0.1, -0.05) is 0 Å². The van der Waals surface area contributed by atoms with E-state index in [1.165, 1.54) is 0 Å². The number of amides is 2. The Bertz CT molecular complexity index is 708. The van der Waals surface area contributed by atoms with Crippen molar-refractivity contribution in [2.24, 2.45) is 0 Å². The highest BCUT2D eigenvalue weighted by molar-refractivity contribution is 7.08. The molecular formula is C20H27N3O3S. The first-order valence-corrected chi connectivity index (χ1v) is 10.2. The molecular weight excluding hydrogens is 362 g/mol. The number of ether oxygens (including phenoxy) is 1. The third kappa shape index (κ3) is 5.13. The van der Waals surface area contributed by atoms with Gasteiger partial charge in [-0.3, -0.25) is 4.79 Å². The molecule has 146 valence electrons. The van der Waals surface area contributed by atoms with Gasteiger partial charge in [-0.05, 0) is 55.3 Å². The van der Waals surface area contributed by atoms with Gasteiger partial charge in [0, 0.05) is 38.6 Å². The molecule has 0 bridgehead atoms. The second kappa shape index (κ2) is 8.17. The number of carbonyl (C=O) groups excluding carboxylic acids is 2. The van der Waals surface area contributed by atoms with Crippen molar-refractivity contribution >= 4 is 23.3 Å². The molecule has 1 aliphatic heterocycles. The Morgan fingerprint density at radius 2 is 1.74 bits per heavy atom. The normalized spacial score (nSPS) is 16.3. The van der Waals surface area contributed by atoms with E-state index in [2.05, 4.69) is 16.0 Å². The third-order valence-electron chi connectivity index (χ3n) is 4.57. The predicted octanol–water partition coefficient (Wildman–Crippen LogP) is 3.61. The lowest BCUT2D eigenvalue weighted by molar-refractivity contribution is -0.133. The van der Waals surface area contributed by atoms with Crippen LogP contribution in [0.2, 0.25) is 0 Å². The molecule has 1 fully saturated rings. The second-order valence-electron chi connectivity index (χ2n) is 7.76. The van der Waals surface area contributed by atoms with E-state index in [-0.39, 0.29) is 18.0 Å². The molecule has 3 rings (SSSR count). The molecule has 6 nitrogen and oxygen atoms in total. The highest BCUT2D eigenvalue weighted by atomic mass is 32.1. The number of hydrogen-bond acceptors (Lipinski definition) is 4. The second-order valence-corrected chi connectivity index (χ2v) is 8.54. The number of hydrogen-bond donors (Lipinski definition) is 0. The van der Waals surface area contributed by atoms with E-state index < -0.39 is 5.60 Å². The lowest BCUT2D eigenvalue weighted by Crippen LogP contribution is -2.51. The Morgan fingerprint density at radius 1 is 1.11 bits per heavy atom. The fourth-order valence-corrected chi connectivity index (χ4v) is 3.88. The number of carbonyl (C=O) groups is 2. The van der Waals surface area contributed by atoms with Crippen molar-refractivity contribution in [3.63, 3.8) is 0 Å². The molecule has 1 aliphatic rings. The first kappa shape index (κ1) is 19.5. The Kier molecular flexibility index (Phi) is 5.89. The zero-order valence-corrected chi connectivity index (χ0v) is 16.9. The zero-order valence-electron chi connectivity index (χ0n) is 16.1. The van der Waals surface area contributed by atoms with Crippen molar-refractivity contribution in [3.8, 4) is 0 Å². The van der Waals surface area contributed by atoms with Crippen molar-refractivity contribution in [2.45, 2.75) is 38.8 Å². The number of thiophene rings is 1. The minimum absolute atomic E-state index is 0.00244. The molecule has 2 aromatic rings. The fourth-order valence-electron chi connectivity index (χ4n) is 3.18. The fraction of sp³-hybridized carbons (Fsp3) is 0.500. The smallest absolute Gasteiger partial charge is 0.410 e. The highest BCUT2D eigenvalue weighted by Crippen LogP contribution is 2.25. The summed E-state index contributed by atoms with van der Waals surface area (Å²) in [5.41, 5.74) is 0.645. The summed E-state index contributed by atoms with van der Waals surface area (Å²) in [6, 6.07) is 6.03. The molecule has 3 heterocycles. The van der Waals surface area contributed by atoms with Crippen LogP contribution in [0.4, 0.5) is 4.79 Å². The van der Waals surface area contributed by atoms with E-state index in [1.54, 1.807) is 16.2 Å².